The van der Waals surface area contributed by atoms with Crippen molar-refractivity contribution in [2.24, 2.45) is 0 Å². The third-order valence-electron chi connectivity index (χ3n) is 2.72. The van der Waals surface area contributed by atoms with Gasteiger partial charge < -0.3 is 30.2 Å². The van der Waals surface area contributed by atoms with Crippen LogP contribution < -0.4 is 16.3 Å². The highest BCUT2D eigenvalue weighted by Crippen LogP contribution is 2.47. The second-order valence-electron chi connectivity index (χ2n) is 4.27. The lowest BCUT2D eigenvalue weighted by atomic mass is 10.1. The molecule has 0 radical (unpaired) electrons. The quantitative estimate of drug-likeness (QED) is 0.481. The number of hydrogen-bond acceptors (Lipinski definition) is 7. The number of nitrogen functional groups attached to an aromatic ring is 1. The van der Waals surface area contributed by atoms with Crippen LogP contribution in [-0.4, -0.2) is 43.4 Å². The molecule has 1 aliphatic heterocycles. The van der Waals surface area contributed by atoms with E-state index in [4.69, 9.17) is 25.1 Å². The predicted molar refractivity (Wildman–Crippen MR) is 70.0 cm³/mol. The van der Waals surface area contributed by atoms with Crippen LogP contribution in [-0.2, 0) is 9.30 Å². The molecule has 0 spiro atoms. The number of anilines is 1. The van der Waals surface area contributed by atoms with Crippen molar-refractivity contribution in [1.82, 2.24) is 9.71 Å². The second-order valence-corrected chi connectivity index (χ2v) is 5.79. The zero-order valence-electron chi connectivity index (χ0n) is 10.7. The van der Waals surface area contributed by atoms with E-state index in [0.29, 0.717) is 0 Å². The first-order chi connectivity index (χ1) is 9.81. The smallest absolute Gasteiger partial charge is 0.390 e. The van der Waals surface area contributed by atoms with Gasteiger partial charge in [-0.1, -0.05) is 0 Å². The maximum Gasteiger partial charge on any atom is 0.390 e. The van der Waals surface area contributed by atoms with Gasteiger partial charge in [0, 0.05) is 12.5 Å². The SMILES string of the molecule is Nc1ccn(O[C@H]2CC=C(P(=O)(O)O)O[C@H]2CO)c(=O)n1. The molecule has 2 rings (SSSR count). The first-order valence-electron chi connectivity index (χ1n) is 5.87. The van der Waals surface area contributed by atoms with Gasteiger partial charge >= 0.3 is 13.3 Å². The van der Waals surface area contributed by atoms with Crippen LogP contribution in [0.3, 0.4) is 0 Å². The Balaban J connectivity index is 2.19. The summed E-state index contributed by atoms with van der Waals surface area (Å²) in [5.74, 6) is 0.0298. The first-order valence-corrected chi connectivity index (χ1v) is 7.48. The second kappa shape index (κ2) is 5.86. The third kappa shape index (κ3) is 3.61. The van der Waals surface area contributed by atoms with E-state index in [1.807, 2.05) is 0 Å². The average molecular weight is 319 g/mol. The number of ether oxygens (including phenoxy) is 1. The van der Waals surface area contributed by atoms with E-state index in [-0.39, 0.29) is 12.2 Å². The number of hydrogen-bond donors (Lipinski definition) is 4. The number of aliphatic hydroxyl groups is 1. The lowest BCUT2D eigenvalue weighted by Crippen LogP contribution is -2.45. The van der Waals surface area contributed by atoms with Crippen LogP contribution in [0.15, 0.2) is 28.6 Å². The minimum Gasteiger partial charge on any atom is -0.476 e. The minimum atomic E-state index is -4.54. The molecule has 1 aromatic rings. The highest BCUT2D eigenvalue weighted by Gasteiger charge is 2.35. The molecule has 0 aliphatic carbocycles. The van der Waals surface area contributed by atoms with Crippen molar-refractivity contribution in [3.63, 3.8) is 0 Å². The zero-order valence-corrected chi connectivity index (χ0v) is 11.6. The first kappa shape index (κ1) is 15.5. The van der Waals surface area contributed by atoms with Gasteiger partial charge in [-0.3, -0.25) is 4.57 Å². The summed E-state index contributed by atoms with van der Waals surface area (Å²) in [5, 5.41) is 9.23. The van der Waals surface area contributed by atoms with Crippen LogP contribution in [0.1, 0.15) is 6.42 Å². The minimum absolute atomic E-state index is 0.0298. The Hall–Kier alpha value is -1.87. The molecule has 2 atom stereocenters. The fourth-order valence-electron chi connectivity index (χ4n) is 1.73. The third-order valence-corrected chi connectivity index (χ3v) is 3.58. The van der Waals surface area contributed by atoms with E-state index in [1.54, 1.807) is 0 Å². The lowest BCUT2D eigenvalue weighted by molar-refractivity contribution is -0.0831. The molecule has 5 N–H and O–H groups in total. The summed E-state index contributed by atoms with van der Waals surface area (Å²) < 4.78 is 16.9. The van der Waals surface area contributed by atoms with Gasteiger partial charge in [0.15, 0.2) is 12.2 Å². The van der Waals surface area contributed by atoms with E-state index >= 15 is 0 Å². The molecule has 2 heterocycles. The maximum absolute atomic E-state index is 11.5. The Kier molecular flexibility index (Phi) is 4.33. The molecule has 0 amide bonds. The highest BCUT2D eigenvalue weighted by molar-refractivity contribution is 7.56. The number of nitrogens with two attached hydrogens (primary N) is 1. The van der Waals surface area contributed by atoms with E-state index < -0.39 is 37.6 Å². The molecule has 0 aromatic carbocycles. The number of nitrogens with zero attached hydrogens (tertiary/aromatic N) is 2. The molecule has 0 bridgehead atoms. The molecule has 10 nitrogen and oxygen atoms in total. The van der Waals surface area contributed by atoms with Gasteiger partial charge in [-0.05, 0) is 6.08 Å². The summed E-state index contributed by atoms with van der Waals surface area (Å²) in [6, 6.07) is 1.34. The Morgan fingerprint density at radius 1 is 1.57 bits per heavy atom. The Morgan fingerprint density at radius 3 is 2.86 bits per heavy atom. The summed E-state index contributed by atoms with van der Waals surface area (Å²) in [5.41, 5.74) is 4.06. The summed E-state index contributed by atoms with van der Waals surface area (Å²) in [4.78, 5) is 38.4. The summed E-state index contributed by atoms with van der Waals surface area (Å²) in [6.45, 7) is -0.543. The van der Waals surface area contributed by atoms with Crippen molar-refractivity contribution in [3.8, 4) is 0 Å². The largest absolute Gasteiger partial charge is 0.476 e. The molecule has 0 saturated heterocycles. The topological polar surface area (TPSA) is 157 Å². The van der Waals surface area contributed by atoms with Gasteiger partial charge in [0.25, 0.3) is 0 Å². The molecular weight excluding hydrogens is 305 g/mol. The van der Waals surface area contributed by atoms with E-state index in [9.17, 15) is 14.5 Å². The molecule has 0 fully saturated rings. The number of aliphatic hydroxyl groups excluding tert-OH is 1. The van der Waals surface area contributed by atoms with Crippen molar-refractivity contribution in [1.29, 1.82) is 0 Å². The molecule has 0 saturated carbocycles. The van der Waals surface area contributed by atoms with E-state index in [2.05, 4.69) is 4.98 Å². The van der Waals surface area contributed by atoms with Crippen LogP contribution in [0.5, 0.6) is 0 Å². The van der Waals surface area contributed by atoms with Gasteiger partial charge in [-0.2, -0.15) is 4.98 Å². The number of rotatable bonds is 4. The van der Waals surface area contributed by atoms with Gasteiger partial charge in [0.1, 0.15) is 5.82 Å². The van der Waals surface area contributed by atoms with Crippen LogP contribution >= 0.6 is 7.60 Å². The molecule has 1 aromatic heterocycles. The average Bonchev–Trinajstić information content (AvgIpc) is 2.41. The Bertz CT molecular complexity index is 652. The fraction of sp³-hybridized carbons (Fsp3) is 0.400. The van der Waals surface area contributed by atoms with Gasteiger partial charge in [0.05, 0.1) is 12.8 Å². The summed E-state index contributed by atoms with van der Waals surface area (Å²) in [6.07, 6.45) is 0.618. The lowest BCUT2D eigenvalue weighted by Gasteiger charge is -2.30. The van der Waals surface area contributed by atoms with Gasteiger partial charge in [0.2, 0.25) is 5.50 Å². The van der Waals surface area contributed by atoms with E-state index in [0.717, 1.165) is 10.8 Å². The Morgan fingerprint density at radius 2 is 2.29 bits per heavy atom. The van der Waals surface area contributed by atoms with Crippen molar-refractivity contribution < 1.29 is 29.0 Å². The standard InChI is InChI=1S/C10H14N3O7P/c11-8-3-4-13(10(15)12-8)20-6-1-2-9(21(16,17)18)19-7(6)5-14/h2-4,6-7,14H,1,5H2,(H2,11,12,15)(H2,16,17,18)/t6-,7-/m0/s1. The maximum atomic E-state index is 11.5. The van der Waals surface area contributed by atoms with Crippen LogP contribution in [0, 0.1) is 0 Å². The summed E-state index contributed by atoms with van der Waals surface area (Å²) >= 11 is 0. The van der Waals surface area contributed by atoms with Crippen LogP contribution in [0.4, 0.5) is 5.82 Å². The molecule has 0 unspecified atom stereocenters. The van der Waals surface area contributed by atoms with Crippen molar-refractivity contribution in [2.75, 3.05) is 12.3 Å². The monoisotopic (exact) mass is 319 g/mol. The van der Waals surface area contributed by atoms with Gasteiger partial charge in [-0.15, -0.1) is 4.73 Å². The molecule has 116 valence electrons. The fourth-order valence-corrected chi connectivity index (χ4v) is 2.35. The highest BCUT2D eigenvalue weighted by atomic mass is 31.2. The number of aromatic nitrogens is 2. The van der Waals surface area contributed by atoms with E-state index in [1.165, 1.54) is 12.3 Å². The normalized spacial score (nSPS) is 22.3. The van der Waals surface area contributed by atoms with Crippen LogP contribution in [0.25, 0.3) is 0 Å². The molecule has 21 heavy (non-hydrogen) atoms. The zero-order chi connectivity index (χ0) is 15.6. The van der Waals surface area contributed by atoms with Crippen LogP contribution in [0.2, 0.25) is 0 Å². The van der Waals surface area contributed by atoms with Crippen molar-refractivity contribution >= 4 is 13.4 Å². The summed E-state index contributed by atoms with van der Waals surface area (Å²) in [7, 11) is -4.54. The molecule has 11 heteroatoms. The van der Waals surface area contributed by atoms with Gasteiger partial charge in [-0.25, -0.2) is 4.79 Å². The predicted octanol–water partition coefficient (Wildman–Crippen LogP) is -1.58. The van der Waals surface area contributed by atoms with Crippen molar-refractivity contribution in [3.05, 3.63) is 34.3 Å². The molecular formula is C10H14N3O7P. The molecule has 1 aliphatic rings. The Labute approximate surface area is 118 Å². The van der Waals surface area contributed by atoms with Crippen molar-refractivity contribution in [2.45, 2.75) is 18.6 Å².